The van der Waals surface area contributed by atoms with E-state index in [1.165, 1.54) is 21.5 Å². The maximum Gasteiger partial charge on any atom is 0.106 e. The highest BCUT2D eigenvalue weighted by Crippen LogP contribution is 2.26. The molecule has 0 N–H and O–H groups in total. The van der Waals surface area contributed by atoms with Crippen molar-refractivity contribution < 1.29 is 0 Å². The van der Waals surface area contributed by atoms with E-state index in [9.17, 15) is 0 Å². The number of hydrogen-bond acceptors (Lipinski definition) is 0. The molecule has 60 valence electrons. The first-order valence-corrected chi connectivity index (χ1v) is 4.48. The van der Waals surface area contributed by atoms with Gasteiger partial charge in [0.1, 0.15) is 5.39 Å². The Morgan fingerprint density at radius 3 is 2.15 bits per heavy atom. The number of hydrogen-bond donors (Lipinski definition) is 0. The summed E-state index contributed by atoms with van der Waals surface area (Å²) in [7, 11) is 0. The molecule has 0 heteroatoms. The van der Waals surface area contributed by atoms with Crippen LogP contribution in [-0.4, -0.2) is 0 Å². The van der Waals surface area contributed by atoms with Crippen molar-refractivity contribution in [1.82, 2.24) is 0 Å². The SMILES string of the molecule is c1ccc2c[cH+]cc3ccc(c1)c23. The Labute approximate surface area is 76.8 Å². The highest BCUT2D eigenvalue weighted by molar-refractivity contribution is 6.10. The molecular weight excluding hydrogens is 156 g/mol. The smallest absolute Gasteiger partial charge is 0.0604 e. The molecule has 0 spiro atoms. The highest BCUT2D eigenvalue weighted by atomic mass is 14.0. The Morgan fingerprint density at radius 2 is 1.31 bits per heavy atom. The van der Waals surface area contributed by atoms with Crippen LogP contribution >= 0.6 is 0 Å². The van der Waals surface area contributed by atoms with Gasteiger partial charge < -0.3 is 0 Å². The molecule has 3 rings (SSSR count). The van der Waals surface area contributed by atoms with Crippen LogP contribution in [0.5, 0.6) is 0 Å². The average Bonchev–Trinajstić information content (AvgIpc) is 2.44. The molecule has 0 fully saturated rings. The van der Waals surface area contributed by atoms with E-state index in [0.29, 0.717) is 0 Å². The van der Waals surface area contributed by atoms with Crippen molar-refractivity contribution in [3.8, 4) is 0 Å². The summed E-state index contributed by atoms with van der Waals surface area (Å²) in [5.41, 5.74) is 0. The Bertz CT molecular complexity index is 558. The van der Waals surface area contributed by atoms with Crippen molar-refractivity contribution in [2.75, 3.05) is 0 Å². The van der Waals surface area contributed by atoms with Gasteiger partial charge in [-0.05, 0) is 12.1 Å². The molecule has 0 atom stereocenters. The normalized spacial score (nSPS) is 11.1. The van der Waals surface area contributed by atoms with Gasteiger partial charge in [0.15, 0.2) is 0 Å². The minimum Gasteiger partial charge on any atom is -0.0604 e. The van der Waals surface area contributed by atoms with Gasteiger partial charge in [-0.2, -0.15) is 0 Å². The van der Waals surface area contributed by atoms with Crippen molar-refractivity contribution in [2.24, 2.45) is 0 Å². The van der Waals surface area contributed by atoms with Crippen molar-refractivity contribution in [3.63, 3.8) is 0 Å². The number of benzene rings is 1. The van der Waals surface area contributed by atoms with E-state index in [2.05, 4.69) is 54.6 Å². The molecular formula is C13H9+. The summed E-state index contributed by atoms with van der Waals surface area (Å²) in [5, 5.41) is 5.37. The molecule has 0 aromatic heterocycles. The summed E-state index contributed by atoms with van der Waals surface area (Å²) in [6.07, 6.45) is 0. The first kappa shape index (κ1) is 6.79. The zero-order chi connectivity index (χ0) is 8.67. The topological polar surface area (TPSA) is 0 Å². The lowest BCUT2D eigenvalue weighted by atomic mass is 10.1. The van der Waals surface area contributed by atoms with E-state index in [4.69, 9.17) is 0 Å². The first-order chi connectivity index (χ1) is 6.45. The fourth-order valence-electron chi connectivity index (χ4n) is 1.92. The van der Waals surface area contributed by atoms with Crippen LogP contribution in [0.2, 0.25) is 0 Å². The Kier molecular flexibility index (Phi) is 1.25. The minimum atomic E-state index is 1.32. The van der Waals surface area contributed by atoms with Gasteiger partial charge >= 0.3 is 0 Å². The molecule has 0 saturated carbocycles. The van der Waals surface area contributed by atoms with Gasteiger partial charge in [0.2, 0.25) is 0 Å². The summed E-state index contributed by atoms with van der Waals surface area (Å²) >= 11 is 0. The third kappa shape index (κ3) is 0.888. The predicted molar refractivity (Wildman–Crippen MR) is 57.0 cm³/mol. The Morgan fingerprint density at radius 1 is 0.692 bits per heavy atom. The summed E-state index contributed by atoms with van der Waals surface area (Å²) in [6, 6.07) is 19.3. The summed E-state index contributed by atoms with van der Waals surface area (Å²) in [6.45, 7) is 0. The fourth-order valence-corrected chi connectivity index (χ4v) is 1.92. The maximum atomic E-state index is 2.18. The zero-order valence-corrected chi connectivity index (χ0v) is 7.20. The Balaban J connectivity index is 2.75. The van der Waals surface area contributed by atoms with E-state index in [0.717, 1.165) is 0 Å². The van der Waals surface area contributed by atoms with E-state index >= 15 is 0 Å². The van der Waals surface area contributed by atoms with Crippen LogP contribution < -0.4 is 0 Å². The second kappa shape index (κ2) is 2.40. The van der Waals surface area contributed by atoms with Crippen molar-refractivity contribution in [1.29, 1.82) is 0 Å². The van der Waals surface area contributed by atoms with E-state index in [1.54, 1.807) is 0 Å². The lowest BCUT2D eigenvalue weighted by Crippen LogP contribution is -1.64. The highest BCUT2D eigenvalue weighted by Gasteiger charge is 2.06. The zero-order valence-electron chi connectivity index (χ0n) is 7.20. The third-order valence-corrected chi connectivity index (χ3v) is 2.52. The van der Waals surface area contributed by atoms with Crippen LogP contribution in [0.3, 0.4) is 0 Å². The standard InChI is InChI=1S/C13H9/c1-2-5-11-8-9-12-7-3-6-10(4-1)13(11)12/h1-9H/q+1. The van der Waals surface area contributed by atoms with Crippen LogP contribution in [0.25, 0.3) is 21.5 Å². The quantitative estimate of drug-likeness (QED) is 0.445. The van der Waals surface area contributed by atoms with Gasteiger partial charge in [-0.3, -0.25) is 0 Å². The Hall–Kier alpha value is -1.69. The molecule has 0 amide bonds. The molecule has 0 aliphatic rings. The molecule has 0 unspecified atom stereocenters. The molecule has 0 aliphatic heterocycles. The van der Waals surface area contributed by atoms with Crippen LogP contribution in [0, 0.1) is 0 Å². The number of rotatable bonds is 0. The molecule has 3 aromatic carbocycles. The molecule has 13 heavy (non-hydrogen) atoms. The molecule has 0 radical (unpaired) electrons. The first-order valence-electron chi connectivity index (χ1n) is 4.48. The van der Waals surface area contributed by atoms with Gasteiger partial charge in [-0.15, -0.1) is 0 Å². The van der Waals surface area contributed by atoms with Crippen LogP contribution in [-0.2, 0) is 0 Å². The van der Waals surface area contributed by atoms with Gasteiger partial charge in [-0.25, -0.2) is 0 Å². The third-order valence-electron chi connectivity index (χ3n) is 2.52. The van der Waals surface area contributed by atoms with Crippen LogP contribution in [0.15, 0.2) is 54.6 Å². The van der Waals surface area contributed by atoms with Gasteiger partial charge in [-0.1, -0.05) is 12.1 Å². The van der Waals surface area contributed by atoms with Crippen molar-refractivity contribution >= 4 is 21.5 Å². The van der Waals surface area contributed by atoms with E-state index in [-0.39, 0.29) is 0 Å². The second-order valence-corrected chi connectivity index (χ2v) is 3.32. The molecule has 0 bridgehead atoms. The van der Waals surface area contributed by atoms with Crippen LogP contribution in [0.4, 0.5) is 0 Å². The van der Waals surface area contributed by atoms with Gasteiger partial charge in [0, 0.05) is 23.6 Å². The van der Waals surface area contributed by atoms with Gasteiger partial charge in [0.25, 0.3) is 0 Å². The molecule has 0 saturated heterocycles. The average molecular weight is 165 g/mol. The molecule has 3 aromatic rings. The summed E-state index contributed by atoms with van der Waals surface area (Å²) in [5.74, 6) is 0. The molecule has 0 aliphatic carbocycles. The lowest BCUT2D eigenvalue weighted by molar-refractivity contribution is 1.86. The van der Waals surface area contributed by atoms with Crippen molar-refractivity contribution in [3.05, 3.63) is 54.6 Å². The molecule has 0 nitrogen and oxygen atoms in total. The lowest BCUT2D eigenvalue weighted by Gasteiger charge is -1.82. The summed E-state index contributed by atoms with van der Waals surface area (Å²) in [4.78, 5) is 0. The monoisotopic (exact) mass is 165 g/mol. The van der Waals surface area contributed by atoms with Crippen molar-refractivity contribution in [2.45, 2.75) is 0 Å². The van der Waals surface area contributed by atoms with E-state index in [1.807, 2.05) is 0 Å². The molecule has 0 heterocycles. The minimum absolute atomic E-state index is 1.32. The fraction of sp³-hybridized carbons (Fsp3) is 0. The van der Waals surface area contributed by atoms with Gasteiger partial charge in [0.05, 0.1) is 22.9 Å². The predicted octanol–water partition coefficient (Wildman–Crippen LogP) is 3.71. The largest absolute Gasteiger partial charge is 0.106 e. The second-order valence-electron chi connectivity index (χ2n) is 3.32. The maximum absolute atomic E-state index is 2.18. The summed E-state index contributed by atoms with van der Waals surface area (Å²) < 4.78 is 0. The van der Waals surface area contributed by atoms with E-state index < -0.39 is 0 Å². The van der Waals surface area contributed by atoms with Crippen LogP contribution in [0.1, 0.15) is 0 Å².